The van der Waals surface area contributed by atoms with Gasteiger partial charge in [-0.15, -0.1) is 0 Å². The van der Waals surface area contributed by atoms with Crippen LogP contribution in [0.4, 0.5) is 17.2 Å². The van der Waals surface area contributed by atoms with E-state index in [2.05, 4.69) is 55.1 Å². The molecule has 0 atom stereocenters. The fraction of sp³-hybridized carbons (Fsp3) is 0.320. The Morgan fingerprint density at radius 2 is 2.09 bits per heavy atom. The van der Waals surface area contributed by atoms with Gasteiger partial charge in [-0.25, -0.2) is 9.97 Å². The second-order valence-electron chi connectivity index (χ2n) is 8.30. The first-order chi connectivity index (χ1) is 16.0. The Balaban J connectivity index is 1.58. The average molecular weight is 510 g/mol. The molecule has 0 bridgehead atoms. The van der Waals surface area contributed by atoms with E-state index in [0.717, 1.165) is 40.6 Å². The average Bonchev–Trinajstić information content (AvgIpc) is 2.81. The molecule has 2 N–H and O–H groups in total. The first-order valence-corrected chi connectivity index (χ1v) is 11.9. The summed E-state index contributed by atoms with van der Waals surface area (Å²) in [5.74, 6) is 1.60. The zero-order chi connectivity index (χ0) is 23.2. The number of hydrogen-bond donors (Lipinski definition) is 2. The van der Waals surface area contributed by atoms with Crippen LogP contribution < -0.4 is 15.4 Å². The maximum atomic E-state index is 12.1. The van der Waals surface area contributed by atoms with E-state index in [1.165, 1.54) is 25.2 Å². The van der Waals surface area contributed by atoms with Crippen molar-refractivity contribution in [1.29, 1.82) is 0 Å². The summed E-state index contributed by atoms with van der Waals surface area (Å²) >= 11 is 3.49. The molecule has 0 unspecified atom stereocenters. The molecule has 0 radical (unpaired) electrons. The number of nitrogens with one attached hydrogen (secondary N) is 2. The Hall–Kier alpha value is -2.97. The lowest BCUT2D eigenvalue weighted by Crippen LogP contribution is -2.30. The number of aromatic nitrogens is 2. The van der Waals surface area contributed by atoms with E-state index < -0.39 is 0 Å². The predicted octanol–water partition coefficient (Wildman–Crippen LogP) is 5.37. The molecule has 8 heteroatoms. The zero-order valence-electron chi connectivity index (χ0n) is 18.7. The highest BCUT2D eigenvalue weighted by Gasteiger charge is 2.18. The van der Waals surface area contributed by atoms with Crippen molar-refractivity contribution in [1.82, 2.24) is 14.9 Å². The van der Waals surface area contributed by atoms with E-state index in [9.17, 15) is 4.79 Å². The maximum Gasteiger partial charge on any atom is 0.247 e. The third-order valence-electron chi connectivity index (χ3n) is 5.89. The van der Waals surface area contributed by atoms with E-state index in [0.29, 0.717) is 29.8 Å². The summed E-state index contributed by atoms with van der Waals surface area (Å²) in [6.07, 6.45) is 6.13. The molecule has 0 aliphatic carbocycles. The minimum absolute atomic E-state index is 0.298. The van der Waals surface area contributed by atoms with Crippen LogP contribution in [0, 0.1) is 5.92 Å². The monoisotopic (exact) mass is 509 g/mol. The smallest absolute Gasteiger partial charge is 0.247 e. The third-order valence-corrected chi connectivity index (χ3v) is 6.38. The van der Waals surface area contributed by atoms with Crippen LogP contribution >= 0.6 is 15.9 Å². The van der Waals surface area contributed by atoms with Gasteiger partial charge in [-0.1, -0.05) is 28.6 Å². The van der Waals surface area contributed by atoms with Gasteiger partial charge in [0, 0.05) is 21.6 Å². The molecule has 0 spiro atoms. The summed E-state index contributed by atoms with van der Waals surface area (Å²) in [6.45, 7) is 6.41. The van der Waals surface area contributed by atoms with Gasteiger partial charge in [0.1, 0.15) is 17.9 Å². The van der Waals surface area contributed by atoms with Crippen LogP contribution in [0.25, 0.3) is 10.9 Å². The highest BCUT2D eigenvalue weighted by Crippen LogP contribution is 2.34. The quantitative estimate of drug-likeness (QED) is 0.397. The number of nitrogens with zero attached hydrogens (tertiary/aromatic N) is 3. The van der Waals surface area contributed by atoms with Crippen molar-refractivity contribution in [3.8, 4) is 5.75 Å². The number of rotatable bonds is 8. The van der Waals surface area contributed by atoms with E-state index in [1.54, 1.807) is 0 Å². The van der Waals surface area contributed by atoms with Crippen molar-refractivity contribution in [2.75, 3.05) is 37.4 Å². The molecule has 3 aromatic rings. The molecule has 1 aromatic heterocycles. The lowest BCUT2D eigenvalue weighted by molar-refractivity contribution is -0.111. The topological polar surface area (TPSA) is 79.4 Å². The number of ether oxygens (including phenoxy) is 1. The predicted molar refractivity (Wildman–Crippen MR) is 136 cm³/mol. The number of benzene rings is 2. The van der Waals surface area contributed by atoms with Crippen LogP contribution in [0.1, 0.15) is 19.3 Å². The lowest BCUT2D eigenvalue weighted by Gasteiger charge is -2.28. The second kappa shape index (κ2) is 10.8. The second-order valence-corrected chi connectivity index (χ2v) is 9.22. The number of fused-ring (bicyclic) bond motifs is 1. The number of piperidine rings is 1. The Kier molecular flexibility index (Phi) is 7.57. The van der Waals surface area contributed by atoms with E-state index >= 15 is 0 Å². The number of amides is 1. The Morgan fingerprint density at radius 3 is 2.85 bits per heavy atom. The van der Waals surface area contributed by atoms with Gasteiger partial charge in [0.25, 0.3) is 0 Å². The van der Waals surface area contributed by atoms with Gasteiger partial charge in [0.15, 0.2) is 0 Å². The molecule has 0 saturated carbocycles. The Bertz CT molecular complexity index is 1140. The molecule has 4 rings (SSSR count). The van der Waals surface area contributed by atoms with Gasteiger partial charge in [0.05, 0.1) is 17.8 Å². The number of likely N-dealkylation sites (tertiary alicyclic amines) is 1. The SMILES string of the molecule is C=CC(=O)Nc1cc2c(Nc3cccc(Br)c3)ncnc2cc1OCCC1CCN(C)CC1. The van der Waals surface area contributed by atoms with Crippen molar-refractivity contribution in [2.45, 2.75) is 19.3 Å². The van der Waals surface area contributed by atoms with Crippen molar-refractivity contribution >= 4 is 49.9 Å². The van der Waals surface area contributed by atoms with Gasteiger partial charge in [-0.2, -0.15) is 0 Å². The Morgan fingerprint density at radius 1 is 1.27 bits per heavy atom. The largest absolute Gasteiger partial charge is 0.491 e. The Labute approximate surface area is 202 Å². The van der Waals surface area contributed by atoms with Gasteiger partial charge < -0.3 is 20.3 Å². The molecule has 1 aliphatic heterocycles. The molecule has 2 aromatic carbocycles. The molecule has 1 aliphatic rings. The summed E-state index contributed by atoms with van der Waals surface area (Å²) in [6, 6.07) is 11.5. The highest BCUT2D eigenvalue weighted by atomic mass is 79.9. The van der Waals surface area contributed by atoms with Crippen molar-refractivity contribution in [3.05, 3.63) is 59.9 Å². The van der Waals surface area contributed by atoms with Gasteiger partial charge in [-0.05, 0) is 75.7 Å². The standard InChI is InChI=1S/C25H28BrN5O2/c1-3-24(32)30-22-14-20-21(15-23(22)33-12-9-17-7-10-31(2)11-8-17)27-16-28-25(20)29-19-6-4-5-18(26)13-19/h3-6,13-17H,1,7-12H2,2H3,(H,30,32)(H,27,28,29). The number of halogens is 1. The van der Waals surface area contributed by atoms with Gasteiger partial charge in [-0.3, -0.25) is 4.79 Å². The third kappa shape index (κ3) is 6.09. The minimum Gasteiger partial charge on any atom is -0.491 e. The van der Waals surface area contributed by atoms with Gasteiger partial charge in [0.2, 0.25) is 5.91 Å². The molecule has 33 heavy (non-hydrogen) atoms. The molecule has 1 fully saturated rings. The highest BCUT2D eigenvalue weighted by molar-refractivity contribution is 9.10. The van der Waals surface area contributed by atoms with Gasteiger partial charge >= 0.3 is 0 Å². The van der Waals surface area contributed by atoms with Crippen LogP contribution in [0.3, 0.4) is 0 Å². The molecule has 172 valence electrons. The number of anilines is 3. The normalized spacial score (nSPS) is 14.7. The number of carbonyl (C=O) groups excluding carboxylic acids is 1. The number of carbonyl (C=O) groups is 1. The van der Waals surface area contributed by atoms with Crippen LogP contribution in [0.15, 0.2) is 59.9 Å². The first kappa shape index (κ1) is 23.2. The van der Waals surface area contributed by atoms with E-state index in [4.69, 9.17) is 4.74 Å². The molecule has 1 saturated heterocycles. The van der Waals surface area contributed by atoms with Crippen molar-refractivity contribution < 1.29 is 9.53 Å². The zero-order valence-corrected chi connectivity index (χ0v) is 20.3. The molecule has 1 amide bonds. The van der Waals surface area contributed by atoms with E-state index in [1.807, 2.05) is 36.4 Å². The summed E-state index contributed by atoms with van der Waals surface area (Å²) in [7, 11) is 2.16. The minimum atomic E-state index is -0.298. The fourth-order valence-electron chi connectivity index (χ4n) is 3.97. The van der Waals surface area contributed by atoms with Crippen LogP contribution in [-0.2, 0) is 4.79 Å². The van der Waals surface area contributed by atoms with Crippen LogP contribution in [0.5, 0.6) is 5.75 Å². The molecule has 2 heterocycles. The molecular weight excluding hydrogens is 482 g/mol. The molecular formula is C25H28BrN5O2. The first-order valence-electron chi connectivity index (χ1n) is 11.1. The maximum absolute atomic E-state index is 12.1. The summed E-state index contributed by atoms with van der Waals surface area (Å²) in [4.78, 5) is 23.3. The summed E-state index contributed by atoms with van der Waals surface area (Å²) < 4.78 is 7.11. The molecule has 7 nitrogen and oxygen atoms in total. The van der Waals surface area contributed by atoms with Crippen LogP contribution in [0.2, 0.25) is 0 Å². The van der Waals surface area contributed by atoms with Crippen LogP contribution in [-0.4, -0.2) is 47.5 Å². The number of hydrogen-bond acceptors (Lipinski definition) is 6. The fourth-order valence-corrected chi connectivity index (χ4v) is 4.37. The van der Waals surface area contributed by atoms with E-state index in [-0.39, 0.29) is 5.91 Å². The summed E-state index contributed by atoms with van der Waals surface area (Å²) in [5.41, 5.74) is 2.19. The lowest BCUT2D eigenvalue weighted by atomic mass is 9.94. The summed E-state index contributed by atoms with van der Waals surface area (Å²) in [5, 5.41) is 6.98. The van der Waals surface area contributed by atoms with Crippen molar-refractivity contribution in [3.63, 3.8) is 0 Å². The van der Waals surface area contributed by atoms with Crippen molar-refractivity contribution in [2.24, 2.45) is 5.92 Å².